The van der Waals surface area contributed by atoms with Gasteiger partial charge in [0.2, 0.25) is 0 Å². The summed E-state index contributed by atoms with van der Waals surface area (Å²) in [5.74, 6) is -1.32. The highest BCUT2D eigenvalue weighted by atomic mass is 32.1. The summed E-state index contributed by atoms with van der Waals surface area (Å²) >= 11 is 1.28. The Hall–Kier alpha value is -3.06. The molecule has 0 N–H and O–H groups in total. The van der Waals surface area contributed by atoms with E-state index in [0.717, 1.165) is 10.2 Å². The Morgan fingerprint density at radius 2 is 1.92 bits per heavy atom. The largest absolute Gasteiger partial charge is 0.465 e. The van der Waals surface area contributed by atoms with Gasteiger partial charge in [0.05, 0.1) is 22.9 Å². The van der Waals surface area contributed by atoms with Gasteiger partial charge >= 0.3 is 5.97 Å². The van der Waals surface area contributed by atoms with Gasteiger partial charge in [0.25, 0.3) is 5.91 Å². The molecule has 0 bridgehead atoms. The molecule has 1 aromatic heterocycles. The highest BCUT2D eigenvalue weighted by Crippen LogP contribution is 2.20. The maximum absolute atomic E-state index is 13.0. The Bertz CT molecular complexity index is 1060. The molecule has 0 fully saturated rings. The number of halogens is 1. The standard InChI is InChI=1S/C19H15FN2O3S/c1-3-10-22-15-9-6-13(18(24)25-2)11-16(15)26-19(22)21-17(23)12-4-7-14(20)8-5-12/h3-9,11H,1,10H2,2H3. The van der Waals surface area contributed by atoms with E-state index in [2.05, 4.69) is 11.6 Å². The number of carbonyl (C=O) groups is 2. The Morgan fingerprint density at radius 3 is 2.58 bits per heavy atom. The van der Waals surface area contributed by atoms with Crippen LogP contribution in [0.2, 0.25) is 0 Å². The van der Waals surface area contributed by atoms with Crippen LogP contribution in [0.25, 0.3) is 10.2 Å². The molecule has 3 rings (SSSR count). The summed E-state index contributed by atoms with van der Waals surface area (Å²) in [5.41, 5.74) is 1.54. The maximum Gasteiger partial charge on any atom is 0.337 e. The molecule has 0 spiro atoms. The molecule has 0 saturated heterocycles. The summed E-state index contributed by atoms with van der Waals surface area (Å²) in [7, 11) is 1.32. The molecule has 7 heteroatoms. The van der Waals surface area contributed by atoms with E-state index in [9.17, 15) is 14.0 Å². The van der Waals surface area contributed by atoms with Crippen molar-refractivity contribution < 1.29 is 18.7 Å². The van der Waals surface area contributed by atoms with Crippen LogP contribution in [0.5, 0.6) is 0 Å². The number of thiazole rings is 1. The first-order valence-corrected chi connectivity index (χ1v) is 8.52. The van der Waals surface area contributed by atoms with Crippen molar-refractivity contribution in [3.63, 3.8) is 0 Å². The Labute approximate surface area is 152 Å². The van der Waals surface area contributed by atoms with Crippen LogP contribution in [0, 0.1) is 5.82 Å². The summed E-state index contributed by atoms with van der Waals surface area (Å²) < 4.78 is 20.4. The van der Waals surface area contributed by atoms with Crippen molar-refractivity contribution in [2.45, 2.75) is 6.54 Å². The van der Waals surface area contributed by atoms with Gasteiger partial charge in [-0.15, -0.1) is 6.58 Å². The van der Waals surface area contributed by atoms with Crippen molar-refractivity contribution in [3.8, 4) is 0 Å². The fourth-order valence-electron chi connectivity index (χ4n) is 2.45. The summed E-state index contributed by atoms with van der Waals surface area (Å²) in [6.07, 6.45) is 1.70. The van der Waals surface area contributed by atoms with Crippen molar-refractivity contribution in [2.24, 2.45) is 4.99 Å². The molecule has 3 aromatic rings. The molecule has 1 amide bonds. The molecule has 0 atom stereocenters. The average Bonchev–Trinajstić information content (AvgIpc) is 2.98. The normalized spacial score (nSPS) is 11.5. The topological polar surface area (TPSA) is 60.7 Å². The number of fused-ring (bicyclic) bond motifs is 1. The van der Waals surface area contributed by atoms with E-state index >= 15 is 0 Å². The zero-order chi connectivity index (χ0) is 18.7. The molecular formula is C19H15FN2O3S. The van der Waals surface area contributed by atoms with Crippen molar-refractivity contribution in [3.05, 3.63) is 76.9 Å². The van der Waals surface area contributed by atoms with Gasteiger partial charge in [-0.05, 0) is 42.5 Å². The number of benzene rings is 2. The van der Waals surface area contributed by atoms with E-state index in [1.54, 1.807) is 24.3 Å². The van der Waals surface area contributed by atoms with Crippen LogP contribution in [0.4, 0.5) is 4.39 Å². The predicted octanol–water partition coefficient (Wildman–Crippen LogP) is 3.56. The van der Waals surface area contributed by atoms with Gasteiger partial charge < -0.3 is 9.30 Å². The molecule has 0 aliphatic rings. The van der Waals surface area contributed by atoms with Crippen LogP contribution in [0.3, 0.4) is 0 Å². The Morgan fingerprint density at radius 1 is 1.23 bits per heavy atom. The van der Waals surface area contributed by atoms with Gasteiger partial charge in [0.15, 0.2) is 4.80 Å². The Kier molecular flexibility index (Phi) is 5.09. The van der Waals surface area contributed by atoms with Crippen LogP contribution in [-0.4, -0.2) is 23.6 Å². The van der Waals surface area contributed by atoms with Crippen molar-refractivity contribution >= 4 is 33.4 Å². The first kappa shape index (κ1) is 17.8. The van der Waals surface area contributed by atoms with Crippen LogP contribution in [-0.2, 0) is 11.3 Å². The van der Waals surface area contributed by atoms with Gasteiger partial charge in [-0.25, -0.2) is 9.18 Å². The molecule has 0 unspecified atom stereocenters. The molecule has 132 valence electrons. The second-order valence-electron chi connectivity index (χ2n) is 5.38. The number of hydrogen-bond donors (Lipinski definition) is 0. The fourth-order valence-corrected chi connectivity index (χ4v) is 3.53. The number of aromatic nitrogens is 1. The van der Waals surface area contributed by atoms with Gasteiger partial charge in [-0.3, -0.25) is 4.79 Å². The van der Waals surface area contributed by atoms with Crippen LogP contribution >= 0.6 is 11.3 Å². The molecule has 26 heavy (non-hydrogen) atoms. The van der Waals surface area contributed by atoms with Crippen molar-refractivity contribution in [2.75, 3.05) is 7.11 Å². The molecular weight excluding hydrogens is 355 g/mol. The lowest BCUT2D eigenvalue weighted by Crippen LogP contribution is -2.16. The minimum Gasteiger partial charge on any atom is -0.465 e. The molecule has 0 radical (unpaired) electrons. The van der Waals surface area contributed by atoms with E-state index in [1.165, 1.54) is 42.7 Å². The van der Waals surface area contributed by atoms with E-state index in [-0.39, 0.29) is 0 Å². The minimum absolute atomic E-state index is 0.296. The first-order valence-electron chi connectivity index (χ1n) is 7.70. The summed E-state index contributed by atoms with van der Waals surface area (Å²) in [6.45, 7) is 4.18. The average molecular weight is 370 g/mol. The number of allylic oxidation sites excluding steroid dienone is 1. The zero-order valence-corrected chi connectivity index (χ0v) is 14.8. The Balaban J connectivity index is 2.12. The third-order valence-corrected chi connectivity index (χ3v) is 4.75. The van der Waals surface area contributed by atoms with Crippen molar-refractivity contribution in [1.82, 2.24) is 4.57 Å². The van der Waals surface area contributed by atoms with Crippen LogP contribution < -0.4 is 4.80 Å². The lowest BCUT2D eigenvalue weighted by atomic mass is 10.2. The monoisotopic (exact) mass is 370 g/mol. The van der Waals surface area contributed by atoms with Crippen LogP contribution in [0.1, 0.15) is 20.7 Å². The number of nitrogens with zero attached hydrogens (tertiary/aromatic N) is 2. The zero-order valence-electron chi connectivity index (χ0n) is 13.9. The molecule has 0 aliphatic carbocycles. The summed E-state index contributed by atoms with van der Waals surface area (Å²) in [6, 6.07) is 10.4. The highest BCUT2D eigenvalue weighted by Gasteiger charge is 2.12. The second kappa shape index (κ2) is 7.45. The lowest BCUT2D eigenvalue weighted by Gasteiger charge is -2.02. The fraction of sp³-hybridized carbons (Fsp3) is 0.105. The molecule has 0 aliphatic heterocycles. The predicted molar refractivity (Wildman–Crippen MR) is 97.6 cm³/mol. The van der Waals surface area contributed by atoms with Gasteiger partial charge in [-0.2, -0.15) is 4.99 Å². The highest BCUT2D eigenvalue weighted by molar-refractivity contribution is 7.16. The minimum atomic E-state index is -0.470. The lowest BCUT2D eigenvalue weighted by molar-refractivity contribution is 0.0601. The van der Waals surface area contributed by atoms with E-state index < -0.39 is 17.7 Å². The third-order valence-electron chi connectivity index (χ3n) is 3.70. The molecule has 0 saturated carbocycles. The van der Waals surface area contributed by atoms with E-state index in [1.807, 2.05) is 4.57 Å². The quantitative estimate of drug-likeness (QED) is 0.521. The third kappa shape index (κ3) is 3.48. The number of ether oxygens (including phenoxy) is 1. The van der Waals surface area contributed by atoms with E-state index in [0.29, 0.717) is 22.5 Å². The number of carbonyl (C=O) groups excluding carboxylic acids is 2. The van der Waals surface area contributed by atoms with Gasteiger partial charge in [0.1, 0.15) is 5.82 Å². The molecule has 5 nitrogen and oxygen atoms in total. The van der Waals surface area contributed by atoms with E-state index in [4.69, 9.17) is 4.74 Å². The van der Waals surface area contributed by atoms with Crippen LogP contribution in [0.15, 0.2) is 60.1 Å². The number of methoxy groups -OCH3 is 1. The number of hydrogen-bond acceptors (Lipinski definition) is 4. The first-order chi connectivity index (χ1) is 12.5. The molecule has 1 heterocycles. The van der Waals surface area contributed by atoms with Crippen molar-refractivity contribution in [1.29, 1.82) is 0 Å². The second-order valence-corrected chi connectivity index (χ2v) is 6.39. The number of esters is 1. The smallest absolute Gasteiger partial charge is 0.337 e. The number of amides is 1. The molecule has 2 aromatic carbocycles. The summed E-state index contributed by atoms with van der Waals surface area (Å²) in [4.78, 5) is 28.7. The van der Waals surface area contributed by atoms with Gasteiger partial charge in [0, 0.05) is 12.1 Å². The summed E-state index contributed by atoms with van der Waals surface area (Å²) in [5, 5.41) is 0. The van der Waals surface area contributed by atoms with Gasteiger partial charge in [-0.1, -0.05) is 17.4 Å². The maximum atomic E-state index is 13.0. The SMILES string of the molecule is C=CCn1c(=NC(=O)c2ccc(F)cc2)sc2cc(C(=O)OC)ccc21. The number of rotatable bonds is 4.